The minimum absolute atomic E-state index is 0.0143. The number of ketones is 1. The van der Waals surface area contributed by atoms with Crippen LogP contribution in [0.4, 0.5) is 10.1 Å². The molecule has 0 fully saturated rings. The van der Waals surface area contributed by atoms with Gasteiger partial charge >= 0.3 is 0 Å². The van der Waals surface area contributed by atoms with Crippen LogP contribution in [0.15, 0.2) is 46.9 Å². The van der Waals surface area contributed by atoms with Crippen molar-refractivity contribution in [2.75, 3.05) is 5.32 Å². The Bertz CT molecular complexity index is 668. The number of carbonyl (C=O) groups is 2. The predicted octanol–water partition coefficient (Wildman–Crippen LogP) is 3.78. The number of nitrogens with one attached hydrogen (secondary N) is 1. The van der Waals surface area contributed by atoms with Crippen molar-refractivity contribution in [2.45, 2.75) is 6.92 Å². The molecule has 0 aliphatic rings. The van der Waals surface area contributed by atoms with E-state index in [1.807, 2.05) is 0 Å². The zero-order chi connectivity index (χ0) is 14.7. The molecule has 0 aromatic heterocycles. The molecular formula is C15H11BrFNO2. The zero-order valence-corrected chi connectivity index (χ0v) is 12.2. The third-order valence-electron chi connectivity index (χ3n) is 2.64. The molecule has 0 aliphatic heterocycles. The number of carbonyl (C=O) groups excluding carboxylic acids is 2. The number of halogens is 2. The first-order valence-electron chi connectivity index (χ1n) is 5.85. The summed E-state index contributed by atoms with van der Waals surface area (Å²) in [6, 6.07) is 10.6. The van der Waals surface area contributed by atoms with Gasteiger partial charge in [0, 0.05) is 22.6 Å². The Morgan fingerprint density at radius 2 is 1.75 bits per heavy atom. The van der Waals surface area contributed by atoms with Crippen LogP contribution in [-0.2, 0) is 4.79 Å². The number of hydrogen-bond donors (Lipinski definition) is 1. The molecule has 2 aromatic rings. The van der Waals surface area contributed by atoms with Gasteiger partial charge in [-0.25, -0.2) is 4.39 Å². The molecule has 1 amide bonds. The lowest BCUT2D eigenvalue weighted by Gasteiger charge is -2.05. The summed E-state index contributed by atoms with van der Waals surface area (Å²) in [6.45, 7) is 1.40. The Morgan fingerprint density at radius 1 is 1.10 bits per heavy atom. The molecule has 2 rings (SSSR count). The molecule has 0 unspecified atom stereocenters. The Labute approximate surface area is 123 Å². The number of rotatable bonds is 3. The molecule has 0 aliphatic carbocycles. The van der Waals surface area contributed by atoms with Crippen molar-refractivity contribution in [1.29, 1.82) is 0 Å². The SMILES string of the molecule is CC(=O)Nc1ccc(C(=O)c2ccc(Br)cc2F)cc1. The number of amides is 1. The minimum atomic E-state index is -0.574. The van der Waals surface area contributed by atoms with E-state index in [1.54, 1.807) is 30.3 Å². The summed E-state index contributed by atoms with van der Waals surface area (Å²) in [6.07, 6.45) is 0. The molecule has 0 bridgehead atoms. The lowest BCUT2D eigenvalue weighted by molar-refractivity contribution is -0.114. The molecule has 20 heavy (non-hydrogen) atoms. The molecular weight excluding hydrogens is 325 g/mol. The van der Waals surface area contributed by atoms with Crippen LogP contribution in [0, 0.1) is 5.82 Å². The van der Waals surface area contributed by atoms with Gasteiger partial charge in [0.25, 0.3) is 0 Å². The quantitative estimate of drug-likeness (QED) is 0.867. The summed E-state index contributed by atoms with van der Waals surface area (Å²) < 4.78 is 14.3. The van der Waals surface area contributed by atoms with Gasteiger partial charge < -0.3 is 5.32 Å². The number of hydrogen-bond acceptors (Lipinski definition) is 2. The van der Waals surface area contributed by atoms with Gasteiger partial charge in [0.05, 0.1) is 5.56 Å². The van der Waals surface area contributed by atoms with Crippen LogP contribution in [0.3, 0.4) is 0 Å². The van der Waals surface area contributed by atoms with Crippen LogP contribution >= 0.6 is 15.9 Å². The topological polar surface area (TPSA) is 46.2 Å². The van der Waals surface area contributed by atoms with Gasteiger partial charge in [-0.15, -0.1) is 0 Å². The second-order valence-electron chi connectivity index (χ2n) is 4.21. The van der Waals surface area contributed by atoms with E-state index in [0.717, 1.165) is 0 Å². The van der Waals surface area contributed by atoms with Gasteiger partial charge in [0.15, 0.2) is 5.78 Å². The lowest BCUT2D eigenvalue weighted by atomic mass is 10.0. The normalized spacial score (nSPS) is 10.2. The first-order valence-corrected chi connectivity index (χ1v) is 6.64. The molecule has 0 radical (unpaired) electrons. The Kier molecular flexibility index (Phi) is 4.29. The van der Waals surface area contributed by atoms with Gasteiger partial charge in [-0.05, 0) is 42.5 Å². The number of benzene rings is 2. The molecule has 0 atom stereocenters. The van der Waals surface area contributed by atoms with Crippen molar-refractivity contribution in [3.05, 3.63) is 63.9 Å². The second-order valence-corrected chi connectivity index (χ2v) is 5.13. The fourth-order valence-corrected chi connectivity index (χ4v) is 2.07. The first-order chi connectivity index (χ1) is 9.47. The molecule has 3 nitrogen and oxygen atoms in total. The van der Waals surface area contributed by atoms with Crippen molar-refractivity contribution >= 4 is 33.3 Å². The van der Waals surface area contributed by atoms with Crippen LogP contribution < -0.4 is 5.32 Å². The van der Waals surface area contributed by atoms with Crippen LogP contribution in [0.1, 0.15) is 22.8 Å². The van der Waals surface area contributed by atoms with Gasteiger partial charge in [-0.2, -0.15) is 0 Å². The van der Waals surface area contributed by atoms with E-state index in [1.165, 1.54) is 19.1 Å². The Hall–Kier alpha value is -2.01. The van der Waals surface area contributed by atoms with Crippen LogP contribution in [-0.4, -0.2) is 11.7 Å². The Balaban J connectivity index is 2.27. The first kappa shape index (κ1) is 14.4. The minimum Gasteiger partial charge on any atom is -0.326 e. The summed E-state index contributed by atoms with van der Waals surface area (Å²) in [5.74, 6) is -1.16. The average Bonchev–Trinajstić information content (AvgIpc) is 2.38. The smallest absolute Gasteiger partial charge is 0.221 e. The van der Waals surface area contributed by atoms with Crippen molar-refractivity contribution in [3.8, 4) is 0 Å². The highest BCUT2D eigenvalue weighted by molar-refractivity contribution is 9.10. The highest BCUT2D eigenvalue weighted by Gasteiger charge is 2.14. The fraction of sp³-hybridized carbons (Fsp3) is 0.0667. The second kappa shape index (κ2) is 5.96. The maximum atomic E-state index is 13.7. The molecule has 1 N–H and O–H groups in total. The van der Waals surface area contributed by atoms with Gasteiger partial charge in [0.1, 0.15) is 5.82 Å². The van der Waals surface area contributed by atoms with Crippen molar-refractivity contribution in [3.63, 3.8) is 0 Å². The molecule has 2 aromatic carbocycles. The predicted molar refractivity (Wildman–Crippen MR) is 78.3 cm³/mol. The summed E-state index contributed by atoms with van der Waals surface area (Å²) in [5.41, 5.74) is 0.964. The highest BCUT2D eigenvalue weighted by atomic mass is 79.9. The van der Waals surface area contributed by atoms with E-state index < -0.39 is 11.6 Å². The fourth-order valence-electron chi connectivity index (χ4n) is 1.74. The average molecular weight is 336 g/mol. The molecule has 0 saturated heterocycles. The molecule has 5 heteroatoms. The third kappa shape index (κ3) is 3.30. The van der Waals surface area contributed by atoms with E-state index in [-0.39, 0.29) is 11.5 Å². The maximum absolute atomic E-state index is 13.7. The van der Waals surface area contributed by atoms with E-state index in [4.69, 9.17) is 0 Å². The van der Waals surface area contributed by atoms with Crippen molar-refractivity contribution in [1.82, 2.24) is 0 Å². The van der Waals surface area contributed by atoms with E-state index in [9.17, 15) is 14.0 Å². The molecule has 102 valence electrons. The van der Waals surface area contributed by atoms with Crippen LogP contribution in [0.2, 0.25) is 0 Å². The van der Waals surface area contributed by atoms with E-state index in [2.05, 4.69) is 21.2 Å². The van der Waals surface area contributed by atoms with Crippen molar-refractivity contribution < 1.29 is 14.0 Å². The summed E-state index contributed by atoms with van der Waals surface area (Å²) in [4.78, 5) is 23.1. The number of anilines is 1. The van der Waals surface area contributed by atoms with Crippen LogP contribution in [0.25, 0.3) is 0 Å². The Morgan fingerprint density at radius 3 is 2.30 bits per heavy atom. The standard InChI is InChI=1S/C15H11BrFNO2/c1-9(19)18-12-5-2-10(3-6-12)15(20)13-7-4-11(16)8-14(13)17/h2-8H,1H3,(H,18,19). The van der Waals surface area contributed by atoms with Crippen molar-refractivity contribution in [2.24, 2.45) is 0 Å². The van der Waals surface area contributed by atoms with Gasteiger partial charge in [0.2, 0.25) is 5.91 Å². The maximum Gasteiger partial charge on any atom is 0.221 e. The van der Waals surface area contributed by atoms with Crippen LogP contribution in [0.5, 0.6) is 0 Å². The molecule has 0 saturated carbocycles. The highest BCUT2D eigenvalue weighted by Crippen LogP contribution is 2.19. The largest absolute Gasteiger partial charge is 0.326 e. The summed E-state index contributed by atoms with van der Waals surface area (Å²) >= 11 is 3.14. The van der Waals surface area contributed by atoms with Gasteiger partial charge in [-0.3, -0.25) is 9.59 Å². The molecule has 0 spiro atoms. The van der Waals surface area contributed by atoms with Gasteiger partial charge in [-0.1, -0.05) is 15.9 Å². The lowest BCUT2D eigenvalue weighted by Crippen LogP contribution is -2.07. The third-order valence-corrected chi connectivity index (χ3v) is 3.14. The zero-order valence-electron chi connectivity index (χ0n) is 10.6. The van der Waals surface area contributed by atoms with E-state index >= 15 is 0 Å². The molecule has 0 heterocycles. The summed E-state index contributed by atoms with van der Waals surface area (Å²) in [5, 5.41) is 2.60. The monoisotopic (exact) mass is 335 g/mol. The van der Waals surface area contributed by atoms with E-state index in [0.29, 0.717) is 15.7 Å². The summed E-state index contributed by atoms with van der Waals surface area (Å²) in [7, 11) is 0.